The van der Waals surface area contributed by atoms with Crippen molar-refractivity contribution in [1.29, 1.82) is 0 Å². The zero-order valence-corrected chi connectivity index (χ0v) is 7.75. The third kappa shape index (κ3) is 1.72. The monoisotopic (exact) mass is 185 g/mol. The molecule has 0 radical (unpaired) electrons. The van der Waals surface area contributed by atoms with Crippen molar-refractivity contribution in [3.05, 3.63) is 11.4 Å². The van der Waals surface area contributed by atoms with Gasteiger partial charge >= 0.3 is 0 Å². The summed E-state index contributed by atoms with van der Waals surface area (Å²) < 4.78 is 0. The van der Waals surface area contributed by atoms with Crippen LogP contribution in [0.3, 0.4) is 0 Å². The lowest BCUT2D eigenvalue weighted by molar-refractivity contribution is 1.02. The number of thiocarbonyl (C=S) groups is 1. The molecular formula is C6H11N5S. The fourth-order valence-electron chi connectivity index (χ4n) is 0.885. The third-order valence-corrected chi connectivity index (χ3v) is 1.72. The Hall–Kier alpha value is -1.14. The van der Waals surface area contributed by atoms with Gasteiger partial charge < -0.3 is 10.7 Å². The number of aromatic nitrogens is 2. The summed E-state index contributed by atoms with van der Waals surface area (Å²) in [5, 5.41) is 10.1. The molecule has 0 spiro atoms. The van der Waals surface area contributed by atoms with Gasteiger partial charge in [-0.3, -0.25) is 5.10 Å². The van der Waals surface area contributed by atoms with Crippen LogP contribution in [0, 0.1) is 13.8 Å². The minimum absolute atomic E-state index is 0.377. The topological polar surface area (TPSA) is 78.8 Å². The highest BCUT2D eigenvalue weighted by Gasteiger charge is 2.05. The summed E-state index contributed by atoms with van der Waals surface area (Å²) in [6.45, 7) is 3.78. The standard InChI is InChI=1S/C6H11N5S/c1-3-5(4(2)11-10-3)8-6(12)9-7/h7H2,1-2H3,(H,10,11)(H2,8,9,12). The van der Waals surface area contributed by atoms with Gasteiger partial charge in [0.1, 0.15) is 0 Å². The van der Waals surface area contributed by atoms with Crippen molar-refractivity contribution in [3.8, 4) is 0 Å². The first-order valence-electron chi connectivity index (χ1n) is 3.44. The van der Waals surface area contributed by atoms with Crippen LogP contribution in [0.5, 0.6) is 0 Å². The van der Waals surface area contributed by atoms with E-state index in [4.69, 9.17) is 18.1 Å². The van der Waals surface area contributed by atoms with E-state index in [-0.39, 0.29) is 0 Å². The summed E-state index contributed by atoms with van der Waals surface area (Å²) >= 11 is 4.83. The van der Waals surface area contributed by atoms with Gasteiger partial charge in [-0.05, 0) is 26.1 Å². The Kier molecular flexibility index (Phi) is 2.61. The number of nitrogens with one attached hydrogen (secondary N) is 3. The fraction of sp³-hybridized carbons (Fsp3) is 0.333. The van der Waals surface area contributed by atoms with E-state index in [0.29, 0.717) is 5.11 Å². The predicted octanol–water partition coefficient (Wildman–Crippen LogP) is 0.187. The minimum Gasteiger partial charge on any atom is -0.329 e. The number of aromatic amines is 1. The molecule has 0 aromatic carbocycles. The molecule has 12 heavy (non-hydrogen) atoms. The molecule has 0 aliphatic rings. The average molecular weight is 185 g/mol. The van der Waals surface area contributed by atoms with E-state index in [0.717, 1.165) is 17.1 Å². The number of H-pyrrole nitrogens is 1. The smallest absolute Gasteiger partial charge is 0.185 e. The maximum atomic E-state index is 5.10. The van der Waals surface area contributed by atoms with Crippen LogP contribution in [0.15, 0.2) is 0 Å². The van der Waals surface area contributed by atoms with Crippen molar-refractivity contribution in [2.75, 3.05) is 5.32 Å². The summed E-state index contributed by atoms with van der Waals surface area (Å²) in [4.78, 5) is 0. The Morgan fingerprint density at radius 2 is 2.25 bits per heavy atom. The van der Waals surface area contributed by atoms with Crippen LogP contribution in [0.4, 0.5) is 5.69 Å². The van der Waals surface area contributed by atoms with Crippen molar-refractivity contribution < 1.29 is 0 Å². The Morgan fingerprint density at radius 1 is 1.58 bits per heavy atom. The summed E-state index contributed by atoms with van der Waals surface area (Å²) in [6.07, 6.45) is 0. The van der Waals surface area contributed by atoms with E-state index in [1.807, 2.05) is 13.8 Å². The van der Waals surface area contributed by atoms with E-state index < -0.39 is 0 Å². The van der Waals surface area contributed by atoms with Gasteiger partial charge in [0.15, 0.2) is 5.11 Å². The first-order chi connectivity index (χ1) is 5.65. The molecule has 0 fully saturated rings. The van der Waals surface area contributed by atoms with Crippen LogP contribution >= 0.6 is 12.2 Å². The van der Waals surface area contributed by atoms with Crippen LogP contribution in [0.25, 0.3) is 0 Å². The molecule has 1 rings (SSSR count). The van der Waals surface area contributed by atoms with E-state index in [1.54, 1.807) is 0 Å². The number of aryl methyl sites for hydroxylation is 2. The maximum Gasteiger partial charge on any atom is 0.185 e. The zero-order chi connectivity index (χ0) is 9.14. The average Bonchev–Trinajstić information content (AvgIpc) is 2.35. The summed E-state index contributed by atoms with van der Waals surface area (Å²) in [6, 6.07) is 0. The maximum absolute atomic E-state index is 5.10. The molecule has 5 N–H and O–H groups in total. The van der Waals surface area contributed by atoms with Crippen molar-refractivity contribution in [1.82, 2.24) is 15.6 Å². The van der Waals surface area contributed by atoms with Gasteiger partial charge in [0.05, 0.1) is 17.1 Å². The van der Waals surface area contributed by atoms with Crippen LogP contribution in [0.1, 0.15) is 11.4 Å². The van der Waals surface area contributed by atoms with Gasteiger partial charge in [0, 0.05) is 0 Å². The normalized spacial score (nSPS) is 9.58. The number of rotatable bonds is 1. The Balaban J connectivity index is 2.80. The highest BCUT2D eigenvalue weighted by Crippen LogP contribution is 2.15. The first kappa shape index (κ1) is 8.95. The molecule has 0 bridgehead atoms. The lowest BCUT2D eigenvalue weighted by atomic mass is 10.3. The van der Waals surface area contributed by atoms with E-state index in [9.17, 15) is 0 Å². The quantitative estimate of drug-likeness (QED) is 0.285. The van der Waals surface area contributed by atoms with Gasteiger partial charge in [-0.1, -0.05) is 0 Å². The van der Waals surface area contributed by atoms with E-state index in [1.165, 1.54) is 0 Å². The summed E-state index contributed by atoms with van der Waals surface area (Å²) in [5.41, 5.74) is 5.01. The SMILES string of the molecule is Cc1n[nH]c(C)c1NC(=S)NN. The van der Waals surface area contributed by atoms with Crippen molar-refractivity contribution in [3.63, 3.8) is 0 Å². The second kappa shape index (κ2) is 3.51. The second-order valence-corrected chi connectivity index (χ2v) is 2.82. The van der Waals surface area contributed by atoms with Crippen LogP contribution in [0.2, 0.25) is 0 Å². The lowest BCUT2D eigenvalue weighted by Gasteiger charge is -2.05. The molecule has 0 aliphatic carbocycles. The third-order valence-electron chi connectivity index (χ3n) is 1.50. The number of hydrogen-bond acceptors (Lipinski definition) is 3. The number of hydrazine groups is 1. The molecule has 1 aromatic rings. The van der Waals surface area contributed by atoms with Crippen molar-refractivity contribution >= 4 is 23.0 Å². The molecule has 0 amide bonds. The molecule has 1 heterocycles. The molecule has 6 heteroatoms. The zero-order valence-electron chi connectivity index (χ0n) is 6.93. The highest BCUT2D eigenvalue weighted by atomic mass is 32.1. The van der Waals surface area contributed by atoms with Crippen molar-refractivity contribution in [2.24, 2.45) is 5.84 Å². The van der Waals surface area contributed by atoms with Gasteiger partial charge in [-0.2, -0.15) is 5.10 Å². The molecule has 0 aliphatic heterocycles. The molecule has 0 saturated carbocycles. The second-order valence-electron chi connectivity index (χ2n) is 2.41. The van der Waals surface area contributed by atoms with E-state index >= 15 is 0 Å². The number of anilines is 1. The molecule has 0 saturated heterocycles. The Labute approximate surface area is 75.7 Å². The van der Waals surface area contributed by atoms with Gasteiger partial charge in [-0.15, -0.1) is 0 Å². The molecule has 0 atom stereocenters. The molecular weight excluding hydrogens is 174 g/mol. The summed E-state index contributed by atoms with van der Waals surface area (Å²) in [5.74, 6) is 5.10. The van der Waals surface area contributed by atoms with Crippen LogP contribution in [-0.4, -0.2) is 15.3 Å². The van der Waals surface area contributed by atoms with E-state index in [2.05, 4.69) is 20.9 Å². The van der Waals surface area contributed by atoms with Crippen LogP contribution in [-0.2, 0) is 0 Å². The minimum atomic E-state index is 0.377. The molecule has 5 nitrogen and oxygen atoms in total. The Morgan fingerprint density at radius 3 is 2.67 bits per heavy atom. The first-order valence-corrected chi connectivity index (χ1v) is 3.85. The summed E-state index contributed by atoms with van der Waals surface area (Å²) in [7, 11) is 0. The lowest BCUT2D eigenvalue weighted by Crippen LogP contribution is -2.34. The van der Waals surface area contributed by atoms with Crippen molar-refractivity contribution in [2.45, 2.75) is 13.8 Å². The number of nitrogens with two attached hydrogens (primary N) is 1. The van der Waals surface area contributed by atoms with Crippen LogP contribution < -0.4 is 16.6 Å². The molecule has 0 unspecified atom stereocenters. The Bertz CT molecular complexity index is 273. The molecule has 66 valence electrons. The number of hydrogen-bond donors (Lipinski definition) is 4. The highest BCUT2D eigenvalue weighted by molar-refractivity contribution is 7.80. The van der Waals surface area contributed by atoms with Gasteiger partial charge in [0.2, 0.25) is 0 Å². The predicted molar refractivity (Wildman–Crippen MR) is 51.6 cm³/mol. The largest absolute Gasteiger partial charge is 0.329 e. The number of nitrogens with zero attached hydrogens (tertiary/aromatic N) is 1. The van der Waals surface area contributed by atoms with Gasteiger partial charge in [-0.25, -0.2) is 5.84 Å². The molecule has 1 aromatic heterocycles. The van der Waals surface area contributed by atoms with Gasteiger partial charge in [0.25, 0.3) is 0 Å². The fourth-order valence-corrected chi connectivity index (χ4v) is 0.987.